The van der Waals surface area contributed by atoms with Crippen LogP contribution in [-0.4, -0.2) is 12.1 Å². The predicted octanol–water partition coefficient (Wildman–Crippen LogP) is 8.15. The smallest absolute Gasteiger partial charge is 0.165 e. The lowest BCUT2D eigenvalue weighted by Gasteiger charge is -2.08. The molecular formula is C26H46O2. The van der Waals surface area contributed by atoms with Gasteiger partial charge in [-0.25, -0.2) is 0 Å². The van der Waals surface area contributed by atoms with E-state index in [1.807, 2.05) is 6.92 Å². The molecule has 0 saturated carbocycles. The summed E-state index contributed by atoms with van der Waals surface area (Å²) < 4.78 is 0. The van der Waals surface area contributed by atoms with Gasteiger partial charge in [0, 0.05) is 0 Å². The fraction of sp³-hybridized carbons (Fsp3) is 0.769. The molecular weight excluding hydrogens is 344 g/mol. The van der Waals surface area contributed by atoms with Crippen LogP contribution < -0.4 is 0 Å². The minimum atomic E-state index is -0.443. The van der Waals surface area contributed by atoms with Crippen molar-refractivity contribution in [2.45, 2.75) is 124 Å². The first-order valence-corrected chi connectivity index (χ1v) is 11.8. The van der Waals surface area contributed by atoms with Gasteiger partial charge in [-0.3, -0.25) is 4.79 Å². The molecule has 0 amide bonds. The number of hydrogen-bond donors (Lipinski definition) is 0. The standard InChI is InChI=1S/C26H46O2/c1-5-6-7-8-9-10-11-12-13-14-15-16-20-25(22-27)26(28)21-24(4)19-17-18-23(2)3/h18,21-22,25H,5-17,19-20H2,1-4H3/b24-21+. The van der Waals surface area contributed by atoms with E-state index < -0.39 is 5.92 Å². The monoisotopic (exact) mass is 390 g/mol. The summed E-state index contributed by atoms with van der Waals surface area (Å²) >= 11 is 0. The Morgan fingerprint density at radius 3 is 1.75 bits per heavy atom. The van der Waals surface area contributed by atoms with Gasteiger partial charge in [0.15, 0.2) is 5.78 Å². The molecule has 162 valence electrons. The lowest BCUT2D eigenvalue weighted by molar-refractivity contribution is -0.124. The highest BCUT2D eigenvalue weighted by Crippen LogP contribution is 2.16. The van der Waals surface area contributed by atoms with E-state index in [0.717, 1.165) is 37.5 Å². The summed E-state index contributed by atoms with van der Waals surface area (Å²) in [5.41, 5.74) is 2.38. The molecule has 1 unspecified atom stereocenters. The number of unbranched alkanes of at least 4 members (excludes halogenated alkanes) is 11. The van der Waals surface area contributed by atoms with Gasteiger partial charge < -0.3 is 4.79 Å². The molecule has 0 aliphatic carbocycles. The predicted molar refractivity (Wildman–Crippen MR) is 123 cm³/mol. The van der Waals surface area contributed by atoms with E-state index in [2.05, 4.69) is 26.8 Å². The average Bonchev–Trinajstić information content (AvgIpc) is 2.65. The van der Waals surface area contributed by atoms with Gasteiger partial charge in [0.05, 0.1) is 5.92 Å². The van der Waals surface area contributed by atoms with Crippen molar-refractivity contribution in [3.05, 3.63) is 23.3 Å². The van der Waals surface area contributed by atoms with Crippen molar-refractivity contribution in [2.24, 2.45) is 5.92 Å². The Balaban J connectivity index is 3.78. The van der Waals surface area contributed by atoms with Crippen LogP contribution in [0.5, 0.6) is 0 Å². The fourth-order valence-electron chi connectivity index (χ4n) is 3.49. The summed E-state index contributed by atoms with van der Waals surface area (Å²) in [6, 6.07) is 0. The molecule has 1 atom stereocenters. The Morgan fingerprint density at radius 2 is 1.29 bits per heavy atom. The van der Waals surface area contributed by atoms with E-state index in [1.54, 1.807) is 6.08 Å². The fourth-order valence-corrected chi connectivity index (χ4v) is 3.49. The molecule has 0 heterocycles. The summed E-state index contributed by atoms with van der Waals surface area (Å²) in [6.45, 7) is 8.42. The van der Waals surface area contributed by atoms with Gasteiger partial charge in [0.2, 0.25) is 0 Å². The first-order valence-electron chi connectivity index (χ1n) is 11.8. The summed E-state index contributed by atoms with van der Waals surface area (Å²) in [7, 11) is 0. The Kier molecular flexibility index (Phi) is 18.3. The van der Waals surface area contributed by atoms with Crippen molar-refractivity contribution in [1.82, 2.24) is 0 Å². The van der Waals surface area contributed by atoms with Crippen LogP contribution in [0.25, 0.3) is 0 Å². The van der Waals surface area contributed by atoms with Crippen molar-refractivity contribution in [2.75, 3.05) is 0 Å². The SMILES string of the molecule is CCCCCCCCCCCCCCC(C=O)C(=O)/C=C(\C)CCC=C(C)C. The third-order valence-electron chi connectivity index (χ3n) is 5.38. The summed E-state index contributed by atoms with van der Waals surface area (Å²) in [5, 5.41) is 0. The van der Waals surface area contributed by atoms with Crippen molar-refractivity contribution >= 4 is 12.1 Å². The van der Waals surface area contributed by atoms with E-state index in [4.69, 9.17) is 0 Å². The van der Waals surface area contributed by atoms with Crippen LogP contribution in [0.15, 0.2) is 23.3 Å². The van der Waals surface area contributed by atoms with Crippen LogP contribution in [0.2, 0.25) is 0 Å². The zero-order valence-corrected chi connectivity index (χ0v) is 19.2. The van der Waals surface area contributed by atoms with E-state index in [-0.39, 0.29) is 5.78 Å². The van der Waals surface area contributed by atoms with Gasteiger partial charge in [-0.1, -0.05) is 101 Å². The lowest BCUT2D eigenvalue weighted by Crippen LogP contribution is -2.14. The van der Waals surface area contributed by atoms with E-state index in [1.165, 1.54) is 69.8 Å². The van der Waals surface area contributed by atoms with Gasteiger partial charge in [0.25, 0.3) is 0 Å². The largest absolute Gasteiger partial charge is 0.303 e. The molecule has 0 radical (unpaired) electrons. The third kappa shape index (κ3) is 17.0. The van der Waals surface area contributed by atoms with Gasteiger partial charge in [-0.15, -0.1) is 0 Å². The van der Waals surface area contributed by atoms with Gasteiger partial charge in [0.1, 0.15) is 6.29 Å². The average molecular weight is 391 g/mol. The van der Waals surface area contributed by atoms with Crippen LogP contribution in [-0.2, 0) is 9.59 Å². The molecule has 0 aliphatic heterocycles. The minimum absolute atomic E-state index is 0.00669. The first-order chi connectivity index (χ1) is 13.5. The third-order valence-corrected chi connectivity index (χ3v) is 5.38. The topological polar surface area (TPSA) is 34.1 Å². The van der Waals surface area contributed by atoms with Crippen LogP contribution in [0.3, 0.4) is 0 Å². The molecule has 0 rings (SSSR count). The van der Waals surface area contributed by atoms with E-state index in [0.29, 0.717) is 6.42 Å². The van der Waals surface area contributed by atoms with Crippen LogP contribution in [0.4, 0.5) is 0 Å². The van der Waals surface area contributed by atoms with Crippen LogP contribution >= 0.6 is 0 Å². The van der Waals surface area contributed by atoms with Crippen molar-refractivity contribution < 1.29 is 9.59 Å². The summed E-state index contributed by atoms with van der Waals surface area (Å²) in [5.74, 6) is -0.450. The molecule has 0 spiro atoms. The molecule has 0 N–H and O–H groups in total. The maximum absolute atomic E-state index is 12.3. The molecule has 0 fully saturated rings. The molecule has 2 heteroatoms. The number of ketones is 1. The highest BCUT2D eigenvalue weighted by atomic mass is 16.1. The lowest BCUT2D eigenvalue weighted by atomic mass is 9.95. The second-order valence-corrected chi connectivity index (χ2v) is 8.63. The second-order valence-electron chi connectivity index (χ2n) is 8.63. The Hall–Kier alpha value is -1.18. The number of carbonyl (C=O) groups is 2. The maximum Gasteiger partial charge on any atom is 0.165 e. The van der Waals surface area contributed by atoms with Gasteiger partial charge in [-0.2, -0.15) is 0 Å². The normalized spacial score (nSPS) is 12.6. The van der Waals surface area contributed by atoms with Gasteiger partial charge in [-0.05, 0) is 46.1 Å². The van der Waals surface area contributed by atoms with Crippen molar-refractivity contribution in [1.29, 1.82) is 0 Å². The van der Waals surface area contributed by atoms with Crippen LogP contribution in [0, 0.1) is 5.92 Å². The first kappa shape index (κ1) is 26.8. The number of carbonyl (C=O) groups excluding carboxylic acids is 2. The highest BCUT2D eigenvalue weighted by Gasteiger charge is 2.15. The number of rotatable bonds is 19. The zero-order valence-electron chi connectivity index (χ0n) is 19.2. The van der Waals surface area contributed by atoms with E-state index in [9.17, 15) is 9.59 Å². The second kappa shape index (κ2) is 19.2. The molecule has 0 aliphatic rings. The minimum Gasteiger partial charge on any atom is -0.303 e. The Morgan fingerprint density at radius 1 is 0.786 bits per heavy atom. The molecule has 0 saturated heterocycles. The molecule has 0 aromatic carbocycles. The number of allylic oxidation sites excluding steroid dienone is 4. The quantitative estimate of drug-likeness (QED) is 0.0733. The van der Waals surface area contributed by atoms with Crippen LogP contribution in [0.1, 0.15) is 124 Å². The molecule has 0 aromatic heterocycles. The van der Waals surface area contributed by atoms with Crippen molar-refractivity contribution in [3.8, 4) is 0 Å². The number of aldehydes is 1. The Labute approximate surface area is 175 Å². The summed E-state index contributed by atoms with van der Waals surface area (Å²) in [6.07, 6.45) is 22.9. The highest BCUT2D eigenvalue weighted by molar-refractivity contribution is 6.01. The number of hydrogen-bond acceptors (Lipinski definition) is 2. The summed E-state index contributed by atoms with van der Waals surface area (Å²) in [4.78, 5) is 23.6. The molecule has 2 nitrogen and oxygen atoms in total. The molecule has 28 heavy (non-hydrogen) atoms. The van der Waals surface area contributed by atoms with Gasteiger partial charge >= 0.3 is 0 Å². The maximum atomic E-state index is 12.3. The zero-order chi connectivity index (χ0) is 21.0. The molecule has 0 aromatic rings. The van der Waals surface area contributed by atoms with E-state index >= 15 is 0 Å². The molecule has 0 bridgehead atoms. The van der Waals surface area contributed by atoms with Crippen molar-refractivity contribution in [3.63, 3.8) is 0 Å². The Bertz CT molecular complexity index is 455.